The van der Waals surface area contributed by atoms with E-state index < -0.39 is 5.63 Å². The normalized spacial score (nSPS) is 14.7. The van der Waals surface area contributed by atoms with Gasteiger partial charge in [-0.1, -0.05) is 41.9 Å². The molecule has 1 fully saturated rings. The first kappa shape index (κ1) is 20.9. The molecule has 2 aromatic carbocycles. The number of aromatic nitrogens is 1. The SMILES string of the molecule is O=C(c1cc2ccccc2oc1=O)N1CCN(Cc2csc(-c3ccc(Cl)cc3)n2)CC1. The van der Waals surface area contributed by atoms with Crippen LogP contribution in [0, 0.1) is 0 Å². The second-order valence-electron chi connectivity index (χ2n) is 7.70. The molecule has 8 heteroatoms. The first-order valence-electron chi connectivity index (χ1n) is 10.3. The highest BCUT2D eigenvalue weighted by Crippen LogP contribution is 2.26. The van der Waals surface area contributed by atoms with Crippen LogP contribution in [-0.4, -0.2) is 46.9 Å². The second-order valence-corrected chi connectivity index (χ2v) is 9.00. The number of para-hydroxylation sites is 1. The summed E-state index contributed by atoms with van der Waals surface area (Å²) in [5.41, 5.74) is 2.04. The van der Waals surface area contributed by atoms with Gasteiger partial charge in [-0.25, -0.2) is 9.78 Å². The summed E-state index contributed by atoms with van der Waals surface area (Å²) < 4.78 is 5.32. The first-order valence-corrected chi connectivity index (χ1v) is 11.6. The van der Waals surface area contributed by atoms with Gasteiger partial charge < -0.3 is 9.32 Å². The van der Waals surface area contributed by atoms with Gasteiger partial charge in [0.25, 0.3) is 5.91 Å². The summed E-state index contributed by atoms with van der Waals surface area (Å²) in [6.07, 6.45) is 0. The Labute approximate surface area is 193 Å². The molecule has 162 valence electrons. The van der Waals surface area contributed by atoms with Crippen molar-refractivity contribution in [3.8, 4) is 10.6 Å². The van der Waals surface area contributed by atoms with Gasteiger partial charge in [0.15, 0.2) is 0 Å². The van der Waals surface area contributed by atoms with Crippen LogP contribution in [0.5, 0.6) is 0 Å². The molecule has 6 nitrogen and oxygen atoms in total. The van der Waals surface area contributed by atoms with E-state index in [1.165, 1.54) is 0 Å². The minimum atomic E-state index is -0.590. The summed E-state index contributed by atoms with van der Waals surface area (Å²) in [4.78, 5) is 34.0. The monoisotopic (exact) mass is 465 g/mol. The lowest BCUT2D eigenvalue weighted by molar-refractivity contribution is 0.0623. The van der Waals surface area contributed by atoms with Crippen molar-refractivity contribution in [3.05, 3.63) is 86.7 Å². The van der Waals surface area contributed by atoms with E-state index in [2.05, 4.69) is 10.3 Å². The summed E-state index contributed by atoms with van der Waals surface area (Å²) in [5.74, 6) is -0.275. The second kappa shape index (κ2) is 8.86. The summed E-state index contributed by atoms with van der Waals surface area (Å²) >= 11 is 7.58. The zero-order valence-electron chi connectivity index (χ0n) is 17.2. The number of nitrogens with zero attached hydrogens (tertiary/aromatic N) is 3. The van der Waals surface area contributed by atoms with Gasteiger partial charge in [0.1, 0.15) is 16.2 Å². The zero-order valence-corrected chi connectivity index (χ0v) is 18.7. The minimum Gasteiger partial charge on any atom is -0.422 e. The Bertz CT molecular complexity index is 1320. The molecule has 0 radical (unpaired) electrons. The highest BCUT2D eigenvalue weighted by molar-refractivity contribution is 7.13. The van der Waals surface area contributed by atoms with Gasteiger partial charge in [0.05, 0.1) is 5.69 Å². The van der Waals surface area contributed by atoms with Crippen molar-refractivity contribution in [3.63, 3.8) is 0 Å². The molecule has 1 saturated heterocycles. The maximum atomic E-state index is 12.9. The number of thiazole rings is 1. The summed E-state index contributed by atoms with van der Waals surface area (Å²) in [6.45, 7) is 3.28. The van der Waals surface area contributed by atoms with Crippen LogP contribution in [-0.2, 0) is 6.54 Å². The van der Waals surface area contributed by atoms with Crippen LogP contribution in [0.1, 0.15) is 16.1 Å². The molecular formula is C24H20ClN3O3S. The molecule has 4 aromatic rings. The molecule has 1 aliphatic rings. The molecule has 0 unspecified atom stereocenters. The van der Waals surface area contributed by atoms with E-state index in [4.69, 9.17) is 21.0 Å². The number of benzene rings is 2. The number of carbonyl (C=O) groups excluding carboxylic acids is 1. The van der Waals surface area contributed by atoms with Crippen molar-refractivity contribution in [1.82, 2.24) is 14.8 Å². The number of fused-ring (bicyclic) bond motifs is 1. The molecule has 0 bridgehead atoms. The largest absolute Gasteiger partial charge is 0.422 e. The fourth-order valence-corrected chi connectivity index (χ4v) is 4.77. The van der Waals surface area contributed by atoms with E-state index in [-0.39, 0.29) is 11.5 Å². The topological polar surface area (TPSA) is 66.7 Å². The Morgan fingerprint density at radius 2 is 1.81 bits per heavy atom. The van der Waals surface area contributed by atoms with Crippen molar-refractivity contribution >= 4 is 39.8 Å². The number of halogens is 1. The molecule has 1 amide bonds. The molecule has 3 heterocycles. The Hall–Kier alpha value is -3.00. The van der Waals surface area contributed by atoms with Gasteiger partial charge in [0, 0.05) is 54.1 Å². The van der Waals surface area contributed by atoms with Crippen LogP contribution in [0.4, 0.5) is 0 Å². The molecule has 0 aliphatic carbocycles. The van der Waals surface area contributed by atoms with Gasteiger partial charge in [-0.3, -0.25) is 9.69 Å². The Morgan fingerprint density at radius 1 is 1.06 bits per heavy atom. The molecule has 0 saturated carbocycles. The molecule has 0 atom stereocenters. The third-order valence-electron chi connectivity index (χ3n) is 5.56. The lowest BCUT2D eigenvalue weighted by Gasteiger charge is -2.34. The lowest BCUT2D eigenvalue weighted by Crippen LogP contribution is -2.49. The maximum absolute atomic E-state index is 12.9. The van der Waals surface area contributed by atoms with Crippen LogP contribution in [0.25, 0.3) is 21.5 Å². The first-order chi connectivity index (χ1) is 15.6. The zero-order chi connectivity index (χ0) is 22.1. The van der Waals surface area contributed by atoms with Crippen molar-refractivity contribution in [2.24, 2.45) is 0 Å². The summed E-state index contributed by atoms with van der Waals surface area (Å²) in [5, 5.41) is 4.49. The Morgan fingerprint density at radius 3 is 2.59 bits per heavy atom. The fraction of sp³-hybridized carbons (Fsp3) is 0.208. The van der Waals surface area contributed by atoms with Gasteiger partial charge in [-0.05, 0) is 24.3 Å². The highest BCUT2D eigenvalue weighted by Gasteiger charge is 2.25. The average molecular weight is 466 g/mol. The van der Waals surface area contributed by atoms with Gasteiger partial charge in [-0.2, -0.15) is 0 Å². The van der Waals surface area contributed by atoms with Crippen LogP contribution >= 0.6 is 22.9 Å². The fourth-order valence-electron chi connectivity index (χ4n) is 3.82. The van der Waals surface area contributed by atoms with E-state index in [9.17, 15) is 9.59 Å². The van der Waals surface area contributed by atoms with E-state index in [1.807, 2.05) is 36.4 Å². The van der Waals surface area contributed by atoms with E-state index in [0.29, 0.717) is 23.7 Å². The third-order valence-corrected chi connectivity index (χ3v) is 6.75. The molecular weight excluding hydrogens is 446 g/mol. The van der Waals surface area contributed by atoms with Gasteiger partial charge >= 0.3 is 5.63 Å². The van der Waals surface area contributed by atoms with Crippen LogP contribution in [0.2, 0.25) is 5.02 Å². The van der Waals surface area contributed by atoms with Crippen molar-refractivity contribution < 1.29 is 9.21 Å². The standard InChI is InChI=1S/C24H20ClN3O3S/c25-18-7-5-16(6-8-18)22-26-19(15-32-22)14-27-9-11-28(12-10-27)23(29)20-13-17-3-1-2-4-21(17)31-24(20)30/h1-8,13,15H,9-12,14H2. The lowest BCUT2D eigenvalue weighted by atomic mass is 10.1. The smallest absolute Gasteiger partial charge is 0.349 e. The number of hydrogen-bond acceptors (Lipinski definition) is 6. The van der Waals surface area contributed by atoms with Gasteiger partial charge in [-0.15, -0.1) is 11.3 Å². The molecule has 0 N–H and O–H groups in total. The van der Waals surface area contributed by atoms with Crippen LogP contribution < -0.4 is 5.63 Å². The van der Waals surface area contributed by atoms with E-state index in [1.54, 1.807) is 34.4 Å². The molecule has 5 rings (SSSR count). The number of rotatable bonds is 4. The predicted octanol–water partition coefficient (Wildman–Crippen LogP) is 4.53. The predicted molar refractivity (Wildman–Crippen MR) is 126 cm³/mol. The van der Waals surface area contributed by atoms with E-state index in [0.717, 1.165) is 41.3 Å². The maximum Gasteiger partial charge on any atom is 0.349 e. The van der Waals surface area contributed by atoms with Crippen LogP contribution in [0.3, 0.4) is 0 Å². The number of piperazine rings is 1. The molecule has 0 spiro atoms. The Balaban J connectivity index is 1.22. The summed E-state index contributed by atoms with van der Waals surface area (Å²) in [7, 11) is 0. The van der Waals surface area contributed by atoms with Gasteiger partial charge in [0.2, 0.25) is 0 Å². The number of amides is 1. The van der Waals surface area contributed by atoms with Crippen molar-refractivity contribution in [2.45, 2.75) is 6.54 Å². The molecule has 2 aromatic heterocycles. The summed E-state index contributed by atoms with van der Waals surface area (Å²) in [6, 6.07) is 16.5. The Kier molecular flexibility index (Phi) is 5.78. The van der Waals surface area contributed by atoms with Crippen molar-refractivity contribution in [1.29, 1.82) is 0 Å². The molecule has 1 aliphatic heterocycles. The molecule has 32 heavy (non-hydrogen) atoms. The quantitative estimate of drug-likeness (QED) is 0.414. The minimum absolute atomic E-state index is 0.0873. The van der Waals surface area contributed by atoms with Crippen molar-refractivity contribution in [2.75, 3.05) is 26.2 Å². The van der Waals surface area contributed by atoms with E-state index >= 15 is 0 Å². The number of carbonyl (C=O) groups is 1. The van der Waals surface area contributed by atoms with Crippen LogP contribution in [0.15, 0.2) is 69.2 Å². The highest BCUT2D eigenvalue weighted by atomic mass is 35.5. The number of hydrogen-bond donors (Lipinski definition) is 0. The third kappa shape index (κ3) is 4.32. The average Bonchev–Trinajstić information content (AvgIpc) is 3.27.